The average Bonchev–Trinajstić information content (AvgIpc) is 2.62. The van der Waals surface area contributed by atoms with Crippen molar-refractivity contribution in [2.24, 2.45) is 0 Å². The van der Waals surface area contributed by atoms with Crippen LogP contribution in [0.5, 0.6) is 0 Å². The van der Waals surface area contributed by atoms with Gasteiger partial charge in [-0.1, -0.05) is 12.1 Å². The molecule has 1 aromatic carbocycles. The summed E-state index contributed by atoms with van der Waals surface area (Å²) in [6.45, 7) is 2.27. The van der Waals surface area contributed by atoms with Crippen LogP contribution >= 0.6 is 0 Å². The second-order valence-electron chi connectivity index (χ2n) is 5.74. The molecule has 0 radical (unpaired) electrons. The molecule has 2 aromatic rings. The first-order chi connectivity index (χ1) is 11.7. The molecule has 0 aliphatic carbocycles. The van der Waals surface area contributed by atoms with Crippen LogP contribution in [0.1, 0.15) is 24.8 Å². The second kappa shape index (κ2) is 7.72. The number of nitrogens with zero attached hydrogens (tertiary/aromatic N) is 3. The van der Waals surface area contributed by atoms with Gasteiger partial charge in [0.1, 0.15) is 23.8 Å². The van der Waals surface area contributed by atoms with Gasteiger partial charge < -0.3 is 10.2 Å². The van der Waals surface area contributed by atoms with Crippen molar-refractivity contribution in [2.75, 3.05) is 23.3 Å². The van der Waals surface area contributed by atoms with E-state index in [4.69, 9.17) is 0 Å². The highest BCUT2D eigenvalue weighted by atomic mass is 19.1. The molecule has 7 heteroatoms. The molecule has 24 heavy (non-hydrogen) atoms. The monoisotopic (exact) mass is 329 g/mol. The number of piperidine rings is 1. The van der Waals surface area contributed by atoms with Gasteiger partial charge in [0.25, 0.3) is 0 Å². The zero-order valence-electron chi connectivity index (χ0n) is 13.3. The highest BCUT2D eigenvalue weighted by Crippen LogP contribution is 2.19. The molecule has 3 rings (SSSR count). The molecule has 0 bridgehead atoms. The number of hydrogen-bond acceptors (Lipinski definition) is 4. The quantitative estimate of drug-likeness (QED) is 0.905. The zero-order valence-corrected chi connectivity index (χ0v) is 13.3. The van der Waals surface area contributed by atoms with Crippen LogP contribution in [0, 0.1) is 5.82 Å². The lowest BCUT2D eigenvalue weighted by atomic mass is 10.1. The summed E-state index contributed by atoms with van der Waals surface area (Å²) in [5, 5.41) is 5.42. The first-order valence-corrected chi connectivity index (χ1v) is 8.07. The number of nitrogens with one attached hydrogen (secondary N) is 2. The number of halogens is 1. The Kier molecular flexibility index (Phi) is 5.20. The fraction of sp³-hybridized carbons (Fsp3) is 0.353. The third-order valence-corrected chi connectivity index (χ3v) is 3.94. The maximum absolute atomic E-state index is 12.8. The number of amides is 2. The Morgan fingerprint density at radius 2 is 1.88 bits per heavy atom. The largest absolute Gasteiger partial charge is 0.356 e. The summed E-state index contributed by atoms with van der Waals surface area (Å²) in [5.41, 5.74) is 0.822. The molecule has 6 nitrogen and oxygen atoms in total. The summed E-state index contributed by atoms with van der Waals surface area (Å²) in [4.78, 5) is 22.5. The zero-order chi connectivity index (χ0) is 16.8. The van der Waals surface area contributed by atoms with Gasteiger partial charge in [0.15, 0.2) is 0 Å². The maximum atomic E-state index is 12.8. The Balaban J connectivity index is 1.55. The predicted octanol–water partition coefficient (Wildman–Crippen LogP) is 2.93. The minimum absolute atomic E-state index is 0.297. The lowest BCUT2D eigenvalue weighted by Gasteiger charge is -2.27. The van der Waals surface area contributed by atoms with Crippen LogP contribution in [0.25, 0.3) is 0 Å². The molecule has 0 saturated carbocycles. The van der Waals surface area contributed by atoms with Gasteiger partial charge in [0.2, 0.25) is 0 Å². The van der Waals surface area contributed by atoms with E-state index in [1.807, 2.05) is 0 Å². The minimum atomic E-state index is -0.359. The van der Waals surface area contributed by atoms with Crippen molar-refractivity contribution in [3.05, 3.63) is 48.0 Å². The molecule has 0 unspecified atom stereocenters. The molecule has 1 fully saturated rings. The van der Waals surface area contributed by atoms with E-state index in [1.54, 1.807) is 18.2 Å². The van der Waals surface area contributed by atoms with E-state index in [-0.39, 0.29) is 11.8 Å². The first-order valence-electron chi connectivity index (χ1n) is 8.07. The van der Waals surface area contributed by atoms with E-state index in [0.717, 1.165) is 37.3 Å². The highest BCUT2D eigenvalue weighted by molar-refractivity contribution is 5.88. The number of aromatic nitrogens is 2. The summed E-state index contributed by atoms with van der Waals surface area (Å²) in [6, 6.07) is 7.42. The lowest BCUT2D eigenvalue weighted by Crippen LogP contribution is -2.31. The van der Waals surface area contributed by atoms with E-state index in [9.17, 15) is 9.18 Å². The second-order valence-corrected chi connectivity index (χ2v) is 5.74. The van der Waals surface area contributed by atoms with Gasteiger partial charge in [-0.05, 0) is 37.0 Å². The third-order valence-electron chi connectivity index (χ3n) is 3.94. The molecule has 2 heterocycles. The summed E-state index contributed by atoms with van der Waals surface area (Å²) in [7, 11) is 0. The van der Waals surface area contributed by atoms with Crippen molar-refractivity contribution in [3.8, 4) is 0 Å². The van der Waals surface area contributed by atoms with Crippen LogP contribution in [0.4, 0.5) is 20.8 Å². The van der Waals surface area contributed by atoms with E-state index in [2.05, 4.69) is 25.5 Å². The van der Waals surface area contributed by atoms with Gasteiger partial charge >= 0.3 is 6.03 Å². The lowest BCUT2D eigenvalue weighted by molar-refractivity contribution is 0.251. The van der Waals surface area contributed by atoms with Gasteiger partial charge in [0, 0.05) is 25.7 Å². The van der Waals surface area contributed by atoms with Crippen LogP contribution in [-0.2, 0) is 6.54 Å². The van der Waals surface area contributed by atoms with Crippen LogP contribution in [-0.4, -0.2) is 29.1 Å². The predicted molar refractivity (Wildman–Crippen MR) is 90.4 cm³/mol. The summed E-state index contributed by atoms with van der Waals surface area (Å²) in [5.74, 6) is 0.996. The number of benzene rings is 1. The Labute approximate surface area is 140 Å². The van der Waals surface area contributed by atoms with Crippen molar-refractivity contribution in [3.63, 3.8) is 0 Å². The van der Waals surface area contributed by atoms with E-state index in [1.165, 1.54) is 24.9 Å². The van der Waals surface area contributed by atoms with Crippen LogP contribution < -0.4 is 15.5 Å². The SMILES string of the molecule is O=C(NCc1ccc(F)cc1)Nc1cc(N2CCCCC2)ncn1. The Morgan fingerprint density at radius 3 is 2.62 bits per heavy atom. The number of rotatable bonds is 4. The molecule has 1 saturated heterocycles. The smallest absolute Gasteiger partial charge is 0.320 e. The van der Waals surface area contributed by atoms with Crippen LogP contribution in [0.2, 0.25) is 0 Å². The molecule has 1 aliphatic rings. The van der Waals surface area contributed by atoms with Crippen molar-refractivity contribution in [1.29, 1.82) is 0 Å². The molecule has 1 aliphatic heterocycles. The molecule has 2 amide bonds. The molecular formula is C17H20FN5O. The third kappa shape index (κ3) is 4.41. The average molecular weight is 329 g/mol. The van der Waals surface area contributed by atoms with Crippen molar-refractivity contribution >= 4 is 17.7 Å². The molecule has 2 N–H and O–H groups in total. The van der Waals surface area contributed by atoms with Gasteiger partial charge in [-0.2, -0.15) is 0 Å². The Morgan fingerprint density at radius 1 is 1.12 bits per heavy atom. The van der Waals surface area contributed by atoms with Crippen LogP contribution in [0.3, 0.4) is 0 Å². The first kappa shape index (κ1) is 16.2. The Hall–Kier alpha value is -2.70. The normalized spacial score (nSPS) is 14.3. The standard InChI is InChI=1S/C17H20FN5O/c18-14-6-4-13(5-7-14)11-19-17(24)22-15-10-16(21-12-20-15)23-8-2-1-3-9-23/h4-7,10,12H,1-3,8-9,11H2,(H2,19,20,21,22,24). The van der Waals surface area contributed by atoms with Gasteiger partial charge in [-0.3, -0.25) is 5.32 Å². The number of anilines is 2. The van der Waals surface area contributed by atoms with E-state index >= 15 is 0 Å². The van der Waals surface area contributed by atoms with Crippen LogP contribution in [0.15, 0.2) is 36.7 Å². The molecule has 0 spiro atoms. The number of carbonyl (C=O) groups excluding carboxylic acids is 1. The molecule has 0 atom stereocenters. The summed E-state index contributed by atoms with van der Waals surface area (Å²) < 4.78 is 12.8. The topological polar surface area (TPSA) is 70.2 Å². The number of hydrogen-bond donors (Lipinski definition) is 2. The van der Waals surface area contributed by atoms with Crippen molar-refractivity contribution < 1.29 is 9.18 Å². The van der Waals surface area contributed by atoms with Gasteiger partial charge in [-0.25, -0.2) is 19.2 Å². The summed E-state index contributed by atoms with van der Waals surface area (Å²) >= 11 is 0. The van der Waals surface area contributed by atoms with E-state index < -0.39 is 0 Å². The fourth-order valence-corrected chi connectivity index (χ4v) is 2.66. The van der Waals surface area contributed by atoms with E-state index in [0.29, 0.717) is 12.4 Å². The molecule has 126 valence electrons. The van der Waals surface area contributed by atoms with Gasteiger partial charge in [0.05, 0.1) is 0 Å². The van der Waals surface area contributed by atoms with Crippen molar-refractivity contribution in [2.45, 2.75) is 25.8 Å². The fourth-order valence-electron chi connectivity index (χ4n) is 2.66. The Bertz CT molecular complexity index is 686. The minimum Gasteiger partial charge on any atom is -0.356 e. The molecular weight excluding hydrogens is 309 g/mol. The number of carbonyl (C=O) groups is 1. The van der Waals surface area contributed by atoms with Gasteiger partial charge in [-0.15, -0.1) is 0 Å². The molecule has 1 aromatic heterocycles. The van der Waals surface area contributed by atoms with Crippen molar-refractivity contribution in [1.82, 2.24) is 15.3 Å². The number of urea groups is 1. The highest BCUT2D eigenvalue weighted by Gasteiger charge is 2.13. The summed E-state index contributed by atoms with van der Waals surface area (Å²) in [6.07, 6.45) is 5.02. The maximum Gasteiger partial charge on any atom is 0.320 e.